The molecule has 16 heavy (non-hydrogen) atoms. The molecule has 1 unspecified atom stereocenters. The quantitative estimate of drug-likeness (QED) is 0.760. The molecule has 0 aromatic carbocycles. The van der Waals surface area contributed by atoms with Crippen LogP contribution in [0.1, 0.15) is 35.8 Å². The molecule has 1 aromatic rings. The Bertz CT molecular complexity index is 391. The highest BCUT2D eigenvalue weighted by Crippen LogP contribution is 2.32. The van der Waals surface area contributed by atoms with Crippen LogP contribution in [0.4, 0.5) is 0 Å². The maximum atomic E-state index is 4.53. The van der Waals surface area contributed by atoms with Crippen molar-refractivity contribution in [2.45, 2.75) is 31.8 Å². The highest BCUT2D eigenvalue weighted by atomic mass is 15.2. The van der Waals surface area contributed by atoms with Crippen molar-refractivity contribution in [2.75, 3.05) is 20.1 Å². The first-order valence-electron chi connectivity index (χ1n) is 6.10. The second-order valence-electron chi connectivity index (χ2n) is 4.75. The van der Waals surface area contributed by atoms with Gasteiger partial charge in [-0.1, -0.05) is 0 Å². The molecule has 1 saturated heterocycles. The molecule has 3 heterocycles. The monoisotopic (exact) mass is 218 g/mol. The van der Waals surface area contributed by atoms with Crippen molar-refractivity contribution in [3.63, 3.8) is 0 Å². The van der Waals surface area contributed by atoms with Crippen LogP contribution < -0.4 is 5.32 Å². The van der Waals surface area contributed by atoms with Crippen LogP contribution in [-0.2, 0) is 13.0 Å². The largest absolute Gasteiger partial charge is 0.312 e. The van der Waals surface area contributed by atoms with Crippen molar-refractivity contribution < 1.29 is 0 Å². The van der Waals surface area contributed by atoms with Gasteiger partial charge in [-0.15, -0.1) is 0 Å². The first kappa shape index (κ1) is 10.2. The van der Waals surface area contributed by atoms with Crippen LogP contribution >= 0.6 is 0 Å². The Labute approximate surface area is 96.1 Å². The summed E-state index contributed by atoms with van der Waals surface area (Å²) >= 11 is 0. The van der Waals surface area contributed by atoms with Crippen LogP contribution in [0, 0.1) is 0 Å². The van der Waals surface area contributed by atoms with Crippen LogP contribution in [0.3, 0.4) is 0 Å². The molecule has 4 nitrogen and oxygen atoms in total. The Morgan fingerprint density at radius 3 is 3.19 bits per heavy atom. The normalized spacial score (nSPS) is 25.7. The number of aromatic nitrogens is 2. The van der Waals surface area contributed by atoms with Crippen molar-refractivity contribution in [3.8, 4) is 0 Å². The smallest absolute Gasteiger partial charge is 0.116 e. The Kier molecular flexibility index (Phi) is 2.61. The van der Waals surface area contributed by atoms with Gasteiger partial charge in [-0.05, 0) is 26.4 Å². The zero-order valence-corrected chi connectivity index (χ0v) is 9.74. The van der Waals surface area contributed by atoms with Gasteiger partial charge in [-0.3, -0.25) is 4.90 Å². The van der Waals surface area contributed by atoms with E-state index in [-0.39, 0.29) is 0 Å². The van der Waals surface area contributed by atoms with Crippen molar-refractivity contribution in [3.05, 3.63) is 23.3 Å². The molecule has 0 aliphatic carbocycles. The van der Waals surface area contributed by atoms with Crippen LogP contribution in [-0.4, -0.2) is 35.0 Å². The molecule has 3 rings (SSSR count). The van der Waals surface area contributed by atoms with E-state index in [9.17, 15) is 0 Å². The predicted octanol–water partition coefficient (Wildman–Crippen LogP) is 0.889. The standard InChI is InChI=1S/C12H18N4/c1-16-6-2-3-11(16)12-9-7-13-5-4-10(9)14-8-15-12/h8,11,13H,2-7H2,1H3. The van der Waals surface area contributed by atoms with Gasteiger partial charge < -0.3 is 5.32 Å². The van der Waals surface area contributed by atoms with Gasteiger partial charge in [0.15, 0.2) is 0 Å². The molecular weight excluding hydrogens is 200 g/mol. The fraction of sp³-hybridized carbons (Fsp3) is 0.667. The zero-order chi connectivity index (χ0) is 11.0. The van der Waals surface area contributed by atoms with Crippen LogP contribution in [0.2, 0.25) is 0 Å². The summed E-state index contributed by atoms with van der Waals surface area (Å²) in [6, 6.07) is 0.511. The van der Waals surface area contributed by atoms with Gasteiger partial charge in [0.2, 0.25) is 0 Å². The first-order chi connectivity index (χ1) is 7.86. The van der Waals surface area contributed by atoms with Crippen LogP contribution in [0.15, 0.2) is 6.33 Å². The van der Waals surface area contributed by atoms with E-state index in [0.717, 1.165) is 19.5 Å². The lowest BCUT2D eigenvalue weighted by atomic mass is 10.00. The minimum Gasteiger partial charge on any atom is -0.312 e. The number of likely N-dealkylation sites (tertiary alicyclic amines) is 1. The van der Waals surface area contributed by atoms with E-state index in [0.29, 0.717) is 6.04 Å². The molecule has 1 aromatic heterocycles. The molecule has 1 fully saturated rings. The topological polar surface area (TPSA) is 41.1 Å². The fourth-order valence-corrected chi connectivity index (χ4v) is 2.84. The Balaban J connectivity index is 2.00. The van der Waals surface area contributed by atoms with E-state index in [1.165, 1.54) is 36.3 Å². The molecular formula is C12H18N4. The van der Waals surface area contributed by atoms with Gasteiger partial charge >= 0.3 is 0 Å². The lowest BCUT2D eigenvalue weighted by molar-refractivity contribution is 0.308. The lowest BCUT2D eigenvalue weighted by Gasteiger charge is -2.25. The summed E-state index contributed by atoms with van der Waals surface area (Å²) in [4.78, 5) is 11.4. The number of hydrogen-bond donors (Lipinski definition) is 1. The first-order valence-corrected chi connectivity index (χ1v) is 6.10. The van der Waals surface area contributed by atoms with E-state index in [1.807, 2.05) is 0 Å². The summed E-state index contributed by atoms with van der Waals surface area (Å²) in [6.07, 6.45) is 5.31. The molecule has 2 aliphatic rings. The van der Waals surface area contributed by atoms with E-state index in [2.05, 4.69) is 27.2 Å². The Morgan fingerprint density at radius 1 is 1.44 bits per heavy atom. The summed E-state index contributed by atoms with van der Waals surface area (Å²) in [6.45, 7) is 3.18. The van der Waals surface area contributed by atoms with Gasteiger partial charge in [0.05, 0.1) is 11.7 Å². The van der Waals surface area contributed by atoms with Gasteiger partial charge in [0.25, 0.3) is 0 Å². The molecule has 1 N–H and O–H groups in total. The van der Waals surface area contributed by atoms with E-state index < -0.39 is 0 Å². The minimum absolute atomic E-state index is 0.511. The maximum Gasteiger partial charge on any atom is 0.116 e. The number of hydrogen-bond acceptors (Lipinski definition) is 4. The number of fused-ring (bicyclic) bond motifs is 1. The Hall–Kier alpha value is -1.00. The van der Waals surface area contributed by atoms with Crippen molar-refractivity contribution in [1.29, 1.82) is 0 Å². The molecule has 0 amide bonds. The number of nitrogens with one attached hydrogen (secondary N) is 1. The third kappa shape index (κ3) is 1.62. The Morgan fingerprint density at radius 2 is 2.38 bits per heavy atom. The van der Waals surface area contributed by atoms with Crippen LogP contribution in [0.25, 0.3) is 0 Å². The average Bonchev–Trinajstić information content (AvgIpc) is 2.75. The third-order valence-electron chi connectivity index (χ3n) is 3.74. The molecule has 0 bridgehead atoms. The summed E-state index contributed by atoms with van der Waals surface area (Å²) in [5.41, 5.74) is 3.87. The molecule has 2 aliphatic heterocycles. The van der Waals surface area contributed by atoms with E-state index in [1.54, 1.807) is 6.33 Å². The van der Waals surface area contributed by atoms with Gasteiger partial charge in [0, 0.05) is 30.8 Å². The predicted molar refractivity (Wildman–Crippen MR) is 62.0 cm³/mol. The molecule has 4 heteroatoms. The SMILES string of the molecule is CN1CCCC1c1ncnc2c1CNCC2. The molecule has 0 radical (unpaired) electrons. The van der Waals surface area contributed by atoms with Gasteiger partial charge in [-0.25, -0.2) is 9.97 Å². The molecule has 86 valence electrons. The maximum absolute atomic E-state index is 4.53. The van der Waals surface area contributed by atoms with Crippen molar-refractivity contribution in [1.82, 2.24) is 20.2 Å². The second kappa shape index (κ2) is 4.11. The number of rotatable bonds is 1. The molecule has 0 saturated carbocycles. The summed E-state index contributed by atoms with van der Waals surface area (Å²) < 4.78 is 0. The van der Waals surface area contributed by atoms with E-state index >= 15 is 0 Å². The summed E-state index contributed by atoms with van der Waals surface area (Å²) in [5.74, 6) is 0. The molecule has 1 atom stereocenters. The van der Waals surface area contributed by atoms with E-state index in [4.69, 9.17) is 0 Å². The highest BCUT2D eigenvalue weighted by Gasteiger charge is 2.27. The van der Waals surface area contributed by atoms with Gasteiger partial charge in [-0.2, -0.15) is 0 Å². The molecule has 0 spiro atoms. The summed E-state index contributed by atoms with van der Waals surface area (Å²) in [5, 5.41) is 3.42. The summed E-state index contributed by atoms with van der Waals surface area (Å²) in [7, 11) is 2.20. The number of nitrogens with zero attached hydrogens (tertiary/aromatic N) is 3. The minimum atomic E-state index is 0.511. The van der Waals surface area contributed by atoms with Crippen LogP contribution in [0.5, 0.6) is 0 Å². The zero-order valence-electron chi connectivity index (χ0n) is 9.74. The average molecular weight is 218 g/mol. The lowest BCUT2D eigenvalue weighted by Crippen LogP contribution is -2.29. The fourth-order valence-electron chi connectivity index (χ4n) is 2.84. The highest BCUT2D eigenvalue weighted by molar-refractivity contribution is 5.29. The second-order valence-corrected chi connectivity index (χ2v) is 4.75. The van der Waals surface area contributed by atoms with Crippen molar-refractivity contribution in [2.24, 2.45) is 0 Å². The third-order valence-corrected chi connectivity index (χ3v) is 3.74. The van der Waals surface area contributed by atoms with Gasteiger partial charge in [0.1, 0.15) is 6.33 Å². The van der Waals surface area contributed by atoms with Crippen molar-refractivity contribution >= 4 is 0 Å².